The minimum absolute atomic E-state index is 0.232. The van der Waals surface area contributed by atoms with E-state index in [0.717, 1.165) is 42.5 Å². The predicted octanol–water partition coefficient (Wildman–Crippen LogP) is 4.84. The highest BCUT2D eigenvalue weighted by Gasteiger charge is 2.49. The third kappa shape index (κ3) is 3.90. The lowest BCUT2D eigenvalue weighted by Gasteiger charge is -2.13. The third-order valence-corrected chi connectivity index (χ3v) is 7.74. The van der Waals surface area contributed by atoms with E-state index in [1.54, 1.807) is 24.5 Å². The van der Waals surface area contributed by atoms with Gasteiger partial charge < -0.3 is 15.5 Å². The van der Waals surface area contributed by atoms with Crippen LogP contribution in [0.5, 0.6) is 11.8 Å². The summed E-state index contributed by atoms with van der Waals surface area (Å²) in [6.45, 7) is 2.05. The van der Waals surface area contributed by atoms with Gasteiger partial charge in [0.2, 0.25) is 0 Å². The van der Waals surface area contributed by atoms with Crippen LogP contribution in [0.15, 0.2) is 34.7 Å². The van der Waals surface area contributed by atoms with Crippen molar-refractivity contribution >= 4 is 39.5 Å². The maximum Gasteiger partial charge on any atom is 0.324 e. The molecule has 3 N–H and O–H groups in total. The molecule has 3 aromatic rings. The highest BCUT2D eigenvalue weighted by atomic mass is 35.5. The molecule has 5 rings (SSSR count). The number of aromatic amines is 1. The maximum absolute atomic E-state index is 11.8. The number of benzene rings is 1. The largest absolute Gasteiger partial charge is 0.424 e. The first-order chi connectivity index (χ1) is 14.9. The molecule has 8 heteroatoms. The first-order valence-electron chi connectivity index (χ1n) is 10.6. The molecular weight excluding hydrogens is 432 g/mol. The Bertz CT molecular complexity index is 1220. The van der Waals surface area contributed by atoms with Crippen molar-refractivity contribution in [3.63, 3.8) is 0 Å². The van der Waals surface area contributed by atoms with Gasteiger partial charge in [-0.15, -0.1) is 0 Å². The van der Waals surface area contributed by atoms with E-state index in [4.69, 9.17) is 27.1 Å². The van der Waals surface area contributed by atoms with Crippen LogP contribution in [0.3, 0.4) is 0 Å². The molecule has 4 unspecified atom stereocenters. The minimum Gasteiger partial charge on any atom is -0.424 e. The smallest absolute Gasteiger partial charge is 0.324 e. The average Bonchev–Trinajstić information content (AvgIpc) is 3.27. The van der Waals surface area contributed by atoms with Crippen LogP contribution in [0, 0.1) is 11.8 Å². The molecule has 2 aliphatic carbocycles. The fourth-order valence-corrected chi connectivity index (χ4v) is 5.50. The third-order valence-electron chi connectivity index (χ3n) is 6.41. The Balaban J connectivity index is 1.55. The van der Waals surface area contributed by atoms with E-state index in [-0.39, 0.29) is 6.01 Å². The Kier molecular flexibility index (Phi) is 5.36. The average molecular weight is 457 g/mol. The summed E-state index contributed by atoms with van der Waals surface area (Å²) in [6.07, 6.45) is 7.72. The van der Waals surface area contributed by atoms with Gasteiger partial charge in [0.15, 0.2) is 0 Å². The summed E-state index contributed by atoms with van der Waals surface area (Å²) in [7, 11) is -1.10. The zero-order valence-corrected chi connectivity index (χ0v) is 19.1. The molecule has 0 radical (unpaired) electrons. The van der Waals surface area contributed by atoms with Crippen molar-refractivity contribution in [2.75, 3.05) is 6.26 Å². The van der Waals surface area contributed by atoms with Crippen LogP contribution in [0.1, 0.15) is 37.6 Å². The molecule has 2 aromatic heterocycles. The van der Waals surface area contributed by atoms with E-state index in [2.05, 4.69) is 16.0 Å². The zero-order valence-electron chi connectivity index (χ0n) is 17.5. The van der Waals surface area contributed by atoms with Crippen molar-refractivity contribution in [1.82, 2.24) is 15.0 Å². The maximum atomic E-state index is 11.8. The number of ether oxygens (including phenoxy) is 1. The highest BCUT2D eigenvalue weighted by molar-refractivity contribution is 7.84. The molecule has 0 aliphatic heterocycles. The number of allylic oxidation sites excluding steroid dienone is 1. The Morgan fingerprint density at radius 1 is 1.35 bits per heavy atom. The summed E-state index contributed by atoms with van der Waals surface area (Å²) >= 11 is 6.67. The van der Waals surface area contributed by atoms with Crippen LogP contribution < -0.4 is 10.5 Å². The van der Waals surface area contributed by atoms with Crippen LogP contribution in [-0.4, -0.2) is 31.5 Å². The lowest BCUT2D eigenvalue weighted by molar-refractivity contribution is 0.442. The Morgan fingerprint density at radius 3 is 2.94 bits per heavy atom. The summed E-state index contributed by atoms with van der Waals surface area (Å²) < 4.78 is 17.8. The number of aryl methyl sites for hydroxylation is 1. The van der Waals surface area contributed by atoms with E-state index in [1.807, 2.05) is 13.0 Å². The fraction of sp³-hybridized carbons (Fsp3) is 0.391. The van der Waals surface area contributed by atoms with Gasteiger partial charge in [-0.2, -0.15) is 9.97 Å². The molecule has 162 valence electrons. The van der Waals surface area contributed by atoms with Gasteiger partial charge in [0.25, 0.3) is 0 Å². The quantitative estimate of drug-likeness (QED) is 0.572. The number of nitrogens with one attached hydrogen (secondary N) is 1. The van der Waals surface area contributed by atoms with Crippen LogP contribution in [-0.2, 0) is 17.2 Å². The standard InChI is InChI=1S/C23H25ClN4O2S/c1-3-17-20(24)19-18(10-12-7-8-15-16(9-12)21(15)25)27-23(28-22(19)26-17)30-13-5-4-6-14(11-13)31(2)29/h4-6,10-11,15-16,21H,3,7-9,25H2,1-2H3,(H,26,27,28). The van der Waals surface area contributed by atoms with Crippen molar-refractivity contribution in [2.45, 2.75) is 43.5 Å². The second-order valence-electron chi connectivity index (χ2n) is 8.37. The van der Waals surface area contributed by atoms with Gasteiger partial charge in [-0.05, 0) is 61.8 Å². The van der Waals surface area contributed by atoms with E-state index < -0.39 is 10.8 Å². The number of fused-ring (bicyclic) bond motifs is 2. The summed E-state index contributed by atoms with van der Waals surface area (Å²) in [5.74, 6) is 1.82. The molecule has 2 heterocycles. The SMILES string of the molecule is CCc1[nH]c2nc(Oc3cccc(S(C)=O)c3)nc(C=C3CCC4C(N)C4C3)c2c1Cl. The number of nitrogens with zero attached hydrogens (tertiary/aromatic N) is 2. The summed E-state index contributed by atoms with van der Waals surface area (Å²) in [4.78, 5) is 13.3. The van der Waals surface area contributed by atoms with Crippen molar-refractivity contribution in [3.05, 3.63) is 46.2 Å². The Labute approximate surface area is 188 Å². The second kappa shape index (κ2) is 8.04. The normalized spacial score (nSPS) is 24.9. The second-order valence-corrected chi connectivity index (χ2v) is 10.1. The van der Waals surface area contributed by atoms with Gasteiger partial charge in [-0.3, -0.25) is 4.21 Å². The van der Waals surface area contributed by atoms with Gasteiger partial charge in [0.05, 0.1) is 16.1 Å². The molecule has 1 aromatic carbocycles. The van der Waals surface area contributed by atoms with Crippen molar-refractivity contribution in [2.24, 2.45) is 17.6 Å². The van der Waals surface area contributed by atoms with Crippen LogP contribution in [0.25, 0.3) is 17.1 Å². The molecule has 0 amide bonds. The van der Waals surface area contributed by atoms with Crippen LogP contribution >= 0.6 is 11.6 Å². The highest BCUT2D eigenvalue weighted by Crippen LogP contribution is 2.50. The molecular formula is C23H25ClN4O2S. The van der Waals surface area contributed by atoms with E-state index in [0.29, 0.717) is 39.2 Å². The molecule has 0 spiro atoms. The molecule has 4 atom stereocenters. The topological polar surface area (TPSA) is 93.9 Å². The number of aromatic nitrogens is 3. The Hall–Kier alpha value is -2.22. The molecule has 0 saturated heterocycles. The minimum atomic E-state index is -1.10. The number of halogens is 1. The molecule has 6 nitrogen and oxygen atoms in total. The number of rotatable bonds is 5. The number of hydrogen-bond donors (Lipinski definition) is 2. The van der Waals surface area contributed by atoms with Gasteiger partial charge in [-0.25, -0.2) is 0 Å². The van der Waals surface area contributed by atoms with Crippen LogP contribution in [0.2, 0.25) is 5.02 Å². The molecule has 2 fully saturated rings. The molecule has 31 heavy (non-hydrogen) atoms. The Morgan fingerprint density at radius 2 is 2.19 bits per heavy atom. The monoisotopic (exact) mass is 456 g/mol. The van der Waals surface area contributed by atoms with Gasteiger partial charge >= 0.3 is 6.01 Å². The van der Waals surface area contributed by atoms with Gasteiger partial charge in [0.1, 0.15) is 11.4 Å². The number of H-pyrrole nitrogens is 1. The fourth-order valence-electron chi connectivity index (χ4n) is 4.58. The lowest BCUT2D eigenvalue weighted by Crippen LogP contribution is -2.02. The molecule has 2 aliphatic rings. The summed E-state index contributed by atoms with van der Waals surface area (Å²) in [6, 6.07) is 7.74. The van der Waals surface area contributed by atoms with Crippen molar-refractivity contribution < 1.29 is 8.95 Å². The van der Waals surface area contributed by atoms with Gasteiger partial charge in [0, 0.05) is 33.7 Å². The van der Waals surface area contributed by atoms with Gasteiger partial charge in [-0.1, -0.05) is 30.2 Å². The lowest BCUT2D eigenvalue weighted by atomic mass is 9.94. The first kappa shape index (κ1) is 20.7. The van der Waals surface area contributed by atoms with Crippen LogP contribution in [0.4, 0.5) is 0 Å². The van der Waals surface area contributed by atoms with E-state index >= 15 is 0 Å². The van der Waals surface area contributed by atoms with E-state index in [1.165, 1.54) is 5.57 Å². The molecule has 0 bridgehead atoms. The van der Waals surface area contributed by atoms with Crippen molar-refractivity contribution in [3.8, 4) is 11.8 Å². The molecule has 2 saturated carbocycles. The zero-order chi connectivity index (χ0) is 21.7. The summed E-state index contributed by atoms with van der Waals surface area (Å²) in [5, 5.41) is 1.49. The van der Waals surface area contributed by atoms with E-state index in [9.17, 15) is 4.21 Å². The predicted molar refractivity (Wildman–Crippen MR) is 124 cm³/mol. The number of nitrogens with two attached hydrogens (primary N) is 1. The number of hydrogen-bond acceptors (Lipinski definition) is 5. The summed E-state index contributed by atoms with van der Waals surface area (Å²) in [5.41, 5.74) is 9.88. The first-order valence-corrected chi connectivity index (χ1v) is 12.5. The van der Waals surface area contributed by atoms with Crippen molar-refractivity contribution in [1.29, 1.82) is 0 Å².